The molecule has 0 heterocycles. The first-order valence-corrected chi connectivity index (χ1v) is 7.07. The molecule has 5 heteroatoms. The van der Waals surface area contributed by atoms with Crippen LogP contribution in [0.15, 0.2) is 0 Å². The third-order valence-electron chi connectivity index (χ3n) is 2.69. The second-order valence-electron chi connectivity index (χ2n) is 4.92. The lowest BCUT2D eigenvalue weighted by Gasteiger charge is -2.32. The molecule has 0 amide bonds. The maximum absolute atomic E-state index is 5.45. The largest absolute Gasteiger partial charge is 0.503 e. The van der Waals surface area contributed by atoms with E-state index in [1.165, 1.54) is 0 Å². The summed E-state index contributed by atoms with van der Waals surface area (Å²) in [5, 5.41) is 0. The van der Waals surface area contributed by atoms with Crippen molar-refractivity contribution in [3.05, 3.63) is 0 Å². The number of hydrogen-bond acceptors (Lipinski definition) is 3. The van der Waals surface area contributed by atoms with Gasteiger partial charge in [-0.1, -0.05) is 6.92 Å². The quantitative estimate of drug-likeness (QED) is 0.493. The molecule has 0 saturated carbocycles. The summed E-state index contributed by atoms with van der Waals surface area (Å²) in [6.07, 6.45) is 1.05. The summed E-state index contributed by atoms with van der Waals surface area (Å²) in [6, 6.07) is 0. The first-order chi connectivity index (χ1) is 6.81. The zero-order valence-electron chi connectivity index (χ0n) is 11.2. The van der Waals surface area contributed by atoms with Crippen LogP contribution in [0.25, 0.3) is 0 Å². The molecule has 0 aromatic carbocycles. The van der Waals surface area contributed by atoms with Crippen molar-refractivity contribution in [2.75, 3.05) is 49.0 Å². The Morgan fingerprint density at radius 2 is 1.40 bits per heavy atom. The maximum atomic E-state index is 5.45. The molecule has 0 spiro atoms. The van der Waals surface area contributed by atoms with Crippen LogP contribution in [0.3, 0.4) is 0 Å². The van der Waals surface area contributed by atoms with E-state index in [1.807, 2.05) is 0 Å². The molecule has 0 rings (SSSR count). The zero-order chi connectivity index (χ0) is 12.1. The van der Waals surface area contributed by atoms with Crippen LogP contribution in [-0.4, -0.2) is 62.3 Å². The van der Waals surface area contributed by atoms with Gasteiger partial charge in [0.25, 0.3) is 0 Å². The van der Waals surface area contributed by atoms with Gasteiger partial charge in [-0.15, -0.1) is 0 Å². The van der Waals surface area contributed by atoms with Gasteiger partial charge in [0, 0.05) is 33.3 Å². The molecular weight excluding hydrogens is 210 g/mol. The Bertz CT molecular complexity index is 170. The van der Waals surface area contributed by atoms with Crippen molar-refractivity contribution in [2.45, 2.75) is 18.9 Å². The Morgan fingerprint density at radius 1 is 1.00 bits per heavy atom. The lowest BCUT2D eigenvalue weighted by atomic mass is 10.3. The molecule has 92 valence electrons. The Balaban J connectivity index is 4.33. The van der Waals surface area contributed by atoms with E-state index in [0.717, 1.165) is 17.4 Å². The van der Waals surface area contributed by atoms with E-state index in [4.69, 9.17) is 13.3 Å². The Morgan fingerprint density at radius 3 is 1.67 bits per heavy atom. The van der Waals surface area contributed by atoms with E-state index < -0.39 is 8.80 Å². The summed E-state index contributed by atoms with van der Waals surface area (Å²) in [7, 11) is 9.12. The highest BCUT2D eigenvalue weighted by atomic mass is 28.4. The lowest BCUT2D eigenvalue weighted by Crippen LogP contribution is -2.48. The fourth-order valence-electron chi connectivity index (χ4n) is 1.61. The van der Waals surface area contributed by atoms with Crippen LogP contribution in [0.2, 0.25) is 5.54 Å². The molecule has 0 aliphatic carbocycles. The summed E-state index contributed by atoms with van der Waals surface area (Å²) in [6.45, 7) is 3.23. The van der Waals surface area contributed by atoms with Gasteiger partial charge < -0.3 is 17.8 Å². The van der Waals surface area contributed by atoms with Crippen molar-refractivity contribution in [2.24, 2.45) is 0 Å². The summed E-state index contributed by atoms with van der Waals surface area (Å²) in [5.41, 5.74) is 0.329. The maximum Gasteiger partial charge on any atom is 0.503 e. The molecule has 0 aromatic rings. The van der Waals surface area contributed by atoms with E-state index in [0.29, 0.717) is 5.54 Å². The van der Waals surface area contributed by atoms with E-state index in [1.54, 1.807) is 21.3 Å². The van der Waals surface area contributed by atoms with Crippen molar-refractivity contribution >= 4 is 8.80 Å². The predicted molar refractivity (Wildman–Crippen MR) is 63.7 cm³/mol. The molecule has 0 aromatic heterocycles. The van der Waals surface area contributed by atoms with E-state index in [-0.39, 0.29) is 0 Å². The van der Waals surface area contributed by atoms with Crippen LogP contribution in [0.4, 0.5) is 0 Å². The minimum absolute atomic E-state index is 0.329. The third kappa shape index (κ3) is 4.61. The summed E-state index contributed by atoms with van der Waals surface area (Å²) in [5.74, 6) is 0. The number of hydrogen-bond donors (Lipinski definition) is 0. The highest BCUT2D eigenvalue weighted by Crippen LogP contribution is 2.27. The predicted octanol–water partition coefficient (Wildman–Crippen LogP) is 1.35. The molecule has 4 nitrogen and oxygen atoms in total. The van der Waals surface area contributed by atoms with Gasteiger partial charge >= 0.3 is 8.80 Å². The van der Waals surface area contributed by atoms with Crippen LogP contribution < -0.4 is 0 Å². The fourth-order valence-corrected chi connectivity index (χ4v) is 3.80. The van der Waals surface area contributed by atoms with Gasteiger partial charge in [-0.05, 0) is 0 Å². The minimum Gasteiger partial charge on any atom is -0.377 e. The molecule has 1 atom stereocenters. The lowest BCUT2D eigenvalue weighted by molar-refractivity contribution is -0.870. The fraction of sp³-hybridized carbons (Fsp3) is 1.00. The van der Waals surface area contributed by atoms with E-state index in [2.05, 4.69) is 28.1 Å². The summed E-state index contributed by atoms with van der Waals surface area (Å²) >= 11 is 0. The average molecular weight is 236 g/mol. The average Bonchev–Trinajstić information content (AvgIpc) is 2.17. The number of nitrogens with zero attached hydrogens (tertiary/aromatic N) is 1. The minimum atomic E-state index is -2.43. The van der Waals surface area contributed by atoms with E-state index >= 15 is 0 Å². The standard InChI is InChI=1S/C10H26NO3Si/c1-10(8-9-11(2,3)4)15(12-5,13-6)14-7/h10H,8-9H2,1-7H3/q+1. The molecule has 0 N–H and O–H groups in total. The molecule has 0 aliphatic rings. The summed E-state index contributed by atoms with van der Waals surface area (Å²) < 4.78 is 17.3. The van der Waals surface area contributed by atoms with Gasteiger partial charge in [0.05, 0.1) is 27.7 Å². The molecule has 0 aliphatic heterocycles. The van der Waals surface area contributed by atoms with Gasteiger partial charge in [0.1, 0.15) is 0 Å². The second-order valence-corrected chi connectivity index (χ2v) is 8.34. The normalized spacial score (nSPS) is 15.4. The van der Waals surface area contributed by atoms with Gasteiger partial charge in [-0.2, -0.15) is 0 Å². The van der Waals surface area contributed by atoms with Crippen molar-refractivity contribution in [3.8, 4) is 0 Å². The molecule has 1 unspecified atom stereocenters. The molecule has 0 radical (unpaired) electrons. The zero-order valence-corrected chi connectivity index (χ0v) is 12.2. The molecule has 15 heavy (non-hydrogen) atoms. The number of quaternary nitrogens is 1. The van der Waals surface area contributed by atoms with Crippen molar-refractivity contribution < 1.29 is 17.8 Å². The highest BCUT2D eigenvalue weighted by Gasteiger charge is 2.44. The van der Waals surface area contributed by atoms with Crippen molar-refractivity contribution in [1.29, 1.82) is 0 Å². The van der Waals surface area contributed by atoms with Crippen LogP contribution in [0, 0.1) is 0 Å². The molecule has 0 saturated heterocycles. The van der Waals surface area contributed by atoms with E-state index in [9.17, 15) is 0 Å². The van der Waals surface area contributed by atoms with Gasteiger partial charge in [0.2, 0.25) is 0 Å². The second kappa shape index (κ2) is 5.96. The first kappa shape index (κ1) is 15.1. The van der Waals surface area contributed by atoms with Crippen molar-refractivity contribution in [3.63, 3.8) is 0 Å². The summed E-state index contributed by atoms with van der Waals surface area (Å²) in [4.78, 5) is 0. The molecule has 0 bridgehead atoms. The van der Waals surface area contributed by atoms with Crippen LogP contribution in [-0.2, 0) is 13.3 Å². The highest BCUT2D eigenvalue weighted by molar-refractivity contribution is 6.62. The SMILES string of the molecule is CO[Si](OC)(OC)C(C)CC[N+](C)(C)C. The van der Waals surface area contributed by atoms with Gasteiger partial charge in [0.15, 0.2) is 0 Å². The van der Waals surface area contributed by atoms with Crippen LogP contribution in [0.1, 0.15) is 13.3 Å². The topological polar surface area (TPSA) is 27.7 Å². The first-order valence-electron chi connectivity index (χ1n) is 5.27. The van der Waals surface area contributed by atoms with Crippen LogP contribution >= 0.6 is 0 Å². The van der Waals surface area contributed by atoms with Gasteiger partial charge in [-0.3, -0.25) is 0 Å². The Labute approximate surface area is 95.1 Å². The van der Waals surface area contributed by atoms with Gasteiger partial charge in [-0.25, -0.2) is 0 Å². The third-order valence-corrected chi connectivity index (χ3v) is 5.89. The number of rotatable bonds is 7. The molecule has 0 fully saturated rings. The smallest absolute Gasteiger partial charge is 0.377 e. The Hall–Kier alpha value is 0.0569. The van der Waals surface area contributed by atoms with Crippen molar-refractivity contribution in [1.82, 2.24) is 0 Å². The Kier molecular flexibility index (Phi) is 5.98. The molecular formula is C10H26NO3Si+. The van der Waals surface area contributed by atoms with Crippen LogP contribution in [0.5, 0.6) is 0 Å². The monoisotopic (exact) mass is 236 g/mol.